The summed E-state index contributed by atoms with van der Waals surface area (Å²) in [4.78, 5) is 31.1. The van der Waals surface area contributed by atoms with E-state index in [1.165, 1.54) is 0 Å². The van der Waals surface area contributed by atoms with Crippen LogP contribution in [-0.4, -0.2) is 21.4 Å². The van der Waals surface area contributed by atoms with E-state index in [9.17, 15) is 9.59 Å². The second kappa shape index (κ2) is 4.77. The van der Waals surface area contributed by atoms with E-state index >= 15 is 0 Å². The van der Waals surface area contributed by atoms with Crippen molar-refractivity contribution in [3.05, 3.63) is 39.4 Å². The number of hydrogen-bond acceptors (Lipinski definition) is 4. The van der Waals surface area contributed by atoms with Crippen molar-refractivity contribution < 1.29 is 9.53 Å². The highest BCUT2D eigenvalue weighted by molar-refractivity contribution is 6.03. The lowest BCUT2D eigenvalue weighted by molar-refractivity contribution is -0.0180. The summed E-state index contributed by atoms with van der Waals surface area (Å²) in [7, 11) is 0. The predicted octanol–water partition coefficient (Wildman–Crippen LogP) is 2.37. The van der Waals surface area contributed by atoms with E-state index in [0.29, 0.717) is 28.7 Å². The monoisotopic (exact) mass is 286 g/mol. The molecule has 1 heterocycles. The first-order valence-electron chi connectivity index (χ1n) is 7.06. The molecule has 1 aromatic heterocycles. The van der Waals surface area contributed by atoms with E-state index < -0.39 is 0 Å². The Hall–Kier alpha value is -2.01. The molecule has 1 N–H and O–H groups in total. The number of benzene rings is 1. The van der Waals surface area contributed by atoms with Crippen molar-refractivity contribution in [1.82, 2.24) is 9.97 Å². The maximum absolute atomic E-state index is 12.2. The van der Waals surface area contributed by atoms with Crippen molar-refractivity contribution in [3.8, 4) is 0 Å². The smallest absolute Gasteiger partial charge is 0.258 e. The molecule has 0 spiro atoms. The Morgan fingerprint density at radius 2 is 2.00 bits per heavy atom. The van der Waals surface area contributed by atoms with Gasteiger partial charge in [0.25, 0.3) is 5.56 Å². The fourth-order valence-corrected chi connectivity index (χ4v) is 2.48. The number of ketones is 1. The van der Waals surface area contributed by atoms with Gasteiger partial charge in [0, 0.05) is 12.0 Å². The molecule has 3 rings (SSSR count). The van der Waals surface area contributed by atoms with E-state index in [1.807, 2.05) is 26.8 Å². The standard InChI is InChI=1S/C16H18N2O3/c1-16(2,3)21-8-14-17-12-6-9-4-5-13(19)10(9)7-11(12)15(20)18-14/h6-7H,4-5,8H2,1-3H3,(H,17,18,20). The molecular formula is C16H18N2O3. The molecule has 0 bridgehead atoms. The minimum absolute atomic E-state index is 0.103. The number of aryl methyl sites for hydroxylation is 1. The van der Waals surface area contributed by atoms with E-state index in [-0.39, 0.29) is 23.6 Å². The quantitative estimate of drug-likeness (QED) is 0.920. The Kier molecular flexibility index (Phi) is 3.17. The summed E-state index contributed by atoms with van der Waals surface area (Å²) >= 11 is 0. The van der Waals surface area contributed by atoms with Crippen LogP contribution in [0.25, 0.3) is 10.9 Å². The fourth-order valence-electron chi connectivity index (χ4n) is 2.48. The highest BCUT2D eigenvalue weighted by atomic mass is 16.5. The van der Waals surface area contributed by atoms with Gasteiger partial charge in [0.15, 0.2) is 5.78 Å². The highest BCUT2D eigenvalue weighted by Gasteiger charge is 2.21. The number of nitrogens with zero attached hydrogens (tertiary/aromatic N) is 1. The third-order valence-corrected chi connectivity index (χ3v) is 3.54. The first kappa shape index (κ1) is 13.9. The Bertz CT molecular complexity index is 784. The Balaban J connectivity index is 2.04. The zero-order chi connectivity index (χ0) is 15.2. The van der Waals surface area contributed by atoms with Crippen molar-refractivity contribution in [1.29, 1.82) is 0 Å². The molecule has 0 saturated heterocycles. The maximum Gasteiger partial charge on any atom is 0.258 e. The van der Waals surface area contributed by atoms with Crippen molar-refractivity contribution in [2.24, 2.45) is 0 Å². The summed E-state index contributed by atoms with van der Waals surface area (Å²) in [5.41, 5.74) is 1.74. The second-order valence-electron chi connectivity index (χ2n) is 6.36. The molecule has 0 unspecified atom stereocenters. The maximum atomic E-state index is 12.2. The van der Waals surface area contributed by atoms with E-state index in [1.54, 1.807) is 6.07 Å². The number of rotatable bonds is 2. The van der Waals surface area contributed by atoms with Crippen molar-refractivity contribution in [3.63, 3.8) is 0 Å². The zero-order valence-electron chi connectivity index (χ0n) is 12.4. The molecule has 1 aromatic carbocycles. The number of fused-ring (bicyclic) bond motifs is 2. The number of H-pyrrole nitrogens is 1. The van der Waals surface area contributed by atoms with Gasteiger partial charge in [-0.15, -0.1) is 0 Å². The average Bonchev–Trinajstić information content (AvgIpc) is 2.75. The summed E-state index contributed by atoms with van der Waals surface area (Å²) in [6, 6.07) is 3.52. The Morgan fingerprint density at radius 1 is 1.24 bits per heavy atom. The summed E-state index contributed by atoms with van der Waals surface area (Å²) < 4.78 is 5.64. The third-order valence-electron chi connectivity index (χ3n) is 3.54. The second-order valence-corrected chi connectivity index (χ2v) is 6.36. The average molecular weight is 286 g/mol. The Morgan fingerprint density at radius 3 is 2.71 bits per heavy atom. The lowest BCUT2D eigenvalue weighted by Crippen LogP contribution is -2.21. The molecule has 0 saturated carbocycles. The predicted molar refractivity (Wildman–Crippen MR) is 79.6 cm³/mol. The van der Waals surface area contributed by atoms with Crippen LogP contribution in [0, 0.1) is 0 Å². The molecule has 0 aliphatic heterocycles. The van der Waals surface area contributed by atoms with Crippen LogP contribution in [0.15, 0.2) is 16.9 Å². The summed E-state index contributed by atoms with van der Waals surface area (Å²) in [6.45, 7) is 6.10. The van der Waals surface area contributed by atoms with Crippen molar-refractivity contribution in [2.45, 2.75) is 45.8 Å². The van der Waals surface area contributed by atoms with Gasteiger partial charge in [-0.3, -0.25) is 9.59 Å². The van der Waals surface area contributed by atoms with Crippen LogP contribution in [0.1, 0.15) is 48.9 Å². The van der Waals surface area contributed by atoms with E-state index in [2.05, 4.69) is 9.97 Å². The molecule has 5 heteroatoms. The van der Waals surface area contributed by atoms with Gasteiger partial charge in [-0.2, -0.15) is 0 Å². The highest BCUT2D eigenvalue weighted by Crippen LogP contribution is 2.25. The molecule has 0 fully saturated rings. The van der Waals surface area contributed by atoms with Gasteiger partial charge in [0.1, 0.15) is 12.4 Å². The number of nitrogens with one attached hydrogen (secondary N) is 1. The molecule has 21 heavy (non-hydrogen) atoms. The number of hydrogen-bond donors (Lipinski definition) is 1. The molecule has 0 amide bonds. The number of carbonyl (C=O) groups is 1. The lowest BCUT2D eigenvalue weighted by atomic mass is 10.1. The van der Waals surface area contributed by atoms with Crippen molar-refractivity contribution >= 4 is 16.7 Å². The minimum atomic E-state index is -0.294. The number of aromatic amines is 1. The van der Waals surface area contributed by atoms with E-state index in [0.717, 1.165) is 12.0 Å². The number of ether oxygens (including phenoxy) is 1. The topological polar surface area (TPSA) is 72.0 Å². The molecular weight excluding hydrogens is 268 g/mol. The molecule has 1 aliphatic carbocycles. The first-order chi connectivity index (χ1) is 9.83. The summed E-state index contributed by atoms with van der Waals surface area (Å²) in [5, 5.41) is 0.462. The molecule has 5 nitrogen and oxygen atoms in total. The van der Waals surface area contributed by atoms with Gasteiger partial charge >= 0.3 is 0 Å². The summed E-state index contributed by atoms with van der Waals surface area (Å²) in [6.07, 6.45) is 1.25. The van der Waals surface area contributed by atoms with Crippen LogP contribution in [-0.2, 0) is 17.8 Å². The van der Waals surface area contributed by atoms with Crippen LogP contribution in [0.4, 0.5) is 0 Å². The van der Waals surface area contributed by atoms with Crippen LogP contribution in [0.5, 0.6) is 0 Å². The normalized spacial score (nSPS) is 14.7. The number of carbonyl (C=O) groups excluding carboxylic acids is 1. The van der Waals surface area contributed by atoms with Crippen molar-refractivity contribution in [2.75, 3.05) is 0 Å². The minimum Gasteiger partial charge on any atom is -0.368 e. The third kappa shape index (κ3) is 2.74. The SMILES string of the molecule is CC(C)(C)OCc1nc2cc3c(cc2c(=O)[nH]1)C(=O)CC3. The van der Waals surface area contributed by atoms with Crippen LogP contribution in [0.2, 0.25) is 0 Å². The van der Waals surface area contributed by atoms with Gasteiger partial charge in [0.2, 0.25) is 0 Å². The molecule has 0 atom stereocenters. The molecule has 2 aromatic rings. The fraction of sp³-hybridized carbons (Fsp3) is 0.438. The first-order valence-corrected chi connectivity index (χ1v) is 7.06. The van der Waals surface area contributed by atoms with Gasteiger partial charge in [0.05, 0.1) is 16.5 Å². The van der Waals surface area contributed by atoms with Crippen LogP contribution < -0.4 is 5.56 Å². The van der Waals surface area contributed by atoms with Crippen LogP contribution in [0.3, 0.4) is 0 Å². The number of Topliss-reactive ketones (excluding diaryl/α,β-unsaturated/α-hetero) is 1. The molecule has 1 aliphatic rings. The Labute approximate surface area is 122 Å². The van der Waals surface area contributed by atoms with Gasteiger partial charge in [-0.05, 0) is 44.9 Å². The zero-order valence-corrected chi connectivity index (χ0v) is 12.4. The lowest BCUT2D eigenvalue weighted by Gasteiger charge is -2.19. The number of aromatic nitrogens is 2. The molecule has 110 valence electrons. The molecule has 0 radical (unpaired) electrons. The van der Waals surface area contributed by atoms with Gasteiger partial charge < -0.3 is 9.72 Å². The summed E-state index contributed by atoms with van der Waals surface area (Å²) in [5.74, 6) is 0.609. The van der Waals surface area contributed by atoms with Crippen LogP contribution >= 0.6 is 0 Å². The van der Waals surface area contributed by atoms with Gasteiger partial charge in [-0.25, -0.2) is 4.98 Å². The van der Waals surface area contributed by atoms with E-state index in [4.69, 9.17) is 4.74 Å². The van der Waals surface area contributed by atoms with Gasteiger partial charge in [-0.1, -0.05) is 0 Å². The largest absolute Gasteiger partial charge is 0.368 e.